The number of carbonyl (C=O) groups is 1. The summed E-state index contributed by atoms with van der Waals surface area (Å²) < 4.78 is 10.7. The number of hydrogen-bond acceptors (Lipinski definition) is 4. The minimum absolute atomic E-state index is 0.126. The Labute approximate surface area is 137 Å². The molecule has 5 heteroatoms. The Bertz CT molecular complexity index is 549. The molecule has 2 unspecified atom stereocenters. The Morgan fingerprint density at radius 1 is 1.22 bits per heavy atom. The van der Waals surface area contributed by atoms with Gasteiger partial charge in [-0.2, -0.15) is 0 Å². The zero-order chi connectivity index (χ0) is 16.2. The van der Waals surface area contributed by atoms with E-state index in [1.807, 2.05) is 18.2 Å². The van der Waals surface area contributed by atoms with Gasteiger partial charge in [0.05, 0.1) is 14.2 Å². The molecule has 1 aromatic rings. The molecule has 1 aromatic carbocycles. The lowest BCUT2D eigenvalue weighted by Gasteiger charge is -2.28. The molecule has 2 aliphatic rings. The minimum atomic E-state index is 0.126. The van der Waals surface area contributed by atoms with Gasteiger partial charge in [0.25, 0.3) is 0 Å². The smallest absolute Gasteiger partial charge is 0.220 e. The summed E-state index contributed by atoms with van der Waals surface area (Å²) in [5.41, 5.74) is 0.936. The van der Waals surface area contributed by atoms with Gasteiger partial charge < -0.3 is 20.1 Å². The predicted octanol–water partition coefficient (Wildman–Crippen LogP) is 2.24. The molecular formula is C18H26N2O3. The average molecular weight is 318 g/mol. The van der Waals surface area contributed by atoms with Crippen LogP contribution in [-0.4, -0.2) is 32.2 Å². The Morgan fingerprint density at radius 2 is 1.96 bits per heavy atom. The molecule has 126 valence electrons. The van der Waals surface area contributed by atoms with Crippen molar-refractivity contribution in [2.24, 2.45) is 5.92 Å². The van der Waals surface area contributed by atoms with Crippen molar-refractivity contribution < 1.29 is 14.3 Å². The van der Waals surface area contributed by atoms with Crippen molar-refractivity contribution in [1.29, 1.82) is 0 Å². The number of benzene rings is 1. The maximum absolute atomic E-state index is 12.3. The van der Waals surface area contributed by atoms with E-state index in [1.54, 1.807) is 14.2 Å². The zero-order valence-electron chi connectivity index (χ0n) is 13.9. The van der Waals surface area contributed by atoms with Gasteiger partial charge in [0.15, 0.2) is 11.5 Å². The second kappa shape index (κ2) is 7.21. The summed E-state index contributed by atoms with van der Waals surface area (Å²) in [5.74, 6) is 2.02. The predicted molar refractivity (Wildman–Crippen MR) is 88.7 cm³/mol. The number of amides is 1. The zero-order valence-corrected chi connectivity index (χ0v) is 13.9. The van der Waals surface area contributed by atoms with E-state index < -0.39 is 0 Å². The number of para-hydroxylation sites is 1. The lowest BCUT2D eigenvalue weighted by molar-refractivity contribution is -0.122. The molecule has 0 spiro atoms. The molecular weight excluding hydrogens is 292 g/mol. The van der Waals surface area contributed by atoms with E-state index in [2.05, 4.69) is 10.6 Å². The fourth-order valence-corrected chi connectivity index (χ4v) is 3.96. The Hall–Kier alpha value is -1.75. The molecule has 2 saturated heterocycles. The number of carbonyl (C=O) groups excluding carboxylic acids is 1. The van der Waals surface area contributed by atoms with Crippen LogP contribution in [-0.2, 0) is 11.3 Å². The number of hydrogen-bond donors (Lipinski definition) is 2. The molecule has 0 aliphatic carbocycles. The summed E-state index contributed by atoms with van der Waals surface area (Å²) >= 11 is 0. The molecule has 2 heterocycles. The normalized spacial score (nSPS) is 25.9. The summed E-state index contributed by atoms with van der Waals surface area (Å²) in [6.07, 6.45) is 5.42. The van der Waals surface area contributed by atoms with Crippen LogP contribution in [0.15, 0.2) is 18.2 Å². The first-order valence-electron chi connectivity index (χ1n) is 8.42. The van der Waals surface area contributed by atoms with Gasteiger partial charge in [-0.1, -0.05) is 12.1 Å². The fourth-order valence-electron chi connectivity index (χ4n) is 3.96. The highest BCUT2D eigenvalue weighted by Gasteiger charge is 2.34. The molecule has 5 nitrogen and oxygen atoms in total. The SMILES string of the molecule is COc1cccc(CNC(=O)CC2CC3CCC(C2)N3)c1OC. The molecule has 23 heavy (non-hydrogen) atoms. The van der Waals surface area contributed by atoms with Crippen LogP contribution in [0.2, 0.25) is 0 Å². The van der Waals surface area contributed by atoms with E-state index in [0.717, 1.165) is 18.4 Å². The standard InChI is InChI=1S/C18H26N2O3/c1-22-16-5-3-4-13(18(16)23-2)11-19-17(21)10-12-8-14-6-7-15(9-12)20-14/h3-5,12,14-15,20H,6-11H2,1-2H3,(H,19,21). The van der Waals surface area contributed by atoms with E-state index in [9.17, 15) is 4.79 Å². The van der Waals surface area contributed by atoms with Gasteiger partial charge in [0.1, 0.15) is 0 Å². The molecule has 0 aromatic heterocycles. The van der Waals surface area contributed by atoms with Crippen LogP contribution in [0.4, 0.5) is 0 Å². The maximum atomic E-state index is 12.3. The van der Waals surface area contributed by atoms with Crippen LogP contribution in [0, 0.1) is 5.92 Å². The van der Waals surface area contributed by atoms with E-state index >= 15 is 0 Å². The maximum Gasteiger partial charge on any atom is 0.220 e. The van der Waals surface area contributed by atoms with E-state index in [4.69, 9.17) is 9.47 Å². The van der Waals surface area contributed by atoms with Crippen molar-refractivity contribution in [3.05, 3.63) is 23.8 Å². The average Bonchev–Trinajstić information content (AvgIpc) is 2.91. The Balaban J connectivity index is 1.53. The van der Waals surface area contributed by atoms with Crippen LogP contribution in [0.1, 0.15) is 37.7 Å². The topological polar surface area (TPSA) is 59.6 Å². The summed E-state index contributed by atoms with van der Waals surface area (Å²) in [6.45, 7) is 0.469. The monoisotopic (exact) mass is 318 g/mol. The summed E-state index contributed by atoms with van der Waals surface area (Å²) in [4.78, 5) is 12.3. The Kier molecular flexibility index (Phi) is 5.06. The highest BCUT2D eigenvalue weighted by molar-refractivity contribution is 5.76. The van der Waals surface area contributed by atoms with Gasteiger partial charge in [-0.3, -0.25) is 4.79 Å². The lowest BCUT2D eigenvalue weighted by atomic mass is 9.89. The van der Waals surface area contributed by atoms with Crippen LogP contribution >= 0.6 is 0 Å². The fraction of sp³-hybridized carbons (Fsp3) is 0.611. The molecule has 2 N–H and O–H groups in total. The largest absolute Gasteiger partial charge is 0.493 e. The molecule has 2 fully saturated rings. The van der Waals surface area contributed by atoms with Crippen LogP contribution in [0.3, 0.4) is 0 Å². The summed E-state index contributed by atoms with van der Waals surface area (Å²) in [5, 5.41) is 6.64. The van der Waals surface area contributed by atoms with Gasteiger partial charge >= 0.3 is 0 Å². The first-order valence-corrected chi connectivity index (χ1v) is 8.42. The van der Waals surface area contributed by atoms with Crippen molar-refractivity contribution in [2.45, 2.75) is 50.7 Å². The second-order valence-corrected chi connectivity index (χ2v) is 6.61. The first kappa shape index (κ1) is 16.1. The quantitative estimate of drug-likeness (QED) is 0.844. The number of fused-ring (bicyclic) bond motifs is 2. The number of piperidine rings is 1. The van der Waals surface area contributed by atoms with Gasteiger partial charge in [-0.05, 0) is 37.7 Å². The van der Waals surface area contributed by atoms with Crippen molar-refractivity contribution in [3.63, 3.8) is 0 Å². The molecule has 1 amide bonds. The first-order chi connectivity index (χ1) is 11.2. The molecule has 2 aliphatic heterocycles. The summed E-state index contributed by atoms with van der Waals surface area (Å²) in [7, 11) is 3.24. The molecule has 2 bridgehead atoms. The third-order valence-corrected chi connectivity index (χ3v) is 5.01. The number of nitrogens with one attached hydrogen (secondary N) is 2. The molecule has 2 atom stereocenters. The van der Waals surface area contributed by atoms with Crippen molar-refractivity contribution in [3.8, 4) is 11.5 Å². The molecule has 0 saturated carbocycles. The van der Waals surface area contributed by atoms with E-state index in [-0.39, 0.29) is 5.91 Å². The highest BCUT2D eigenvalue weighted by Crippen LogP contribution is 2.33. The summed E-state index contributed by atoms with van der Waals surface area (Å²) in [6, 6.07) is 6.98. The number of methoxy groups -OCH3 is 2. The van der Waals surface area contributed by atoms with Crippen LogP contribution in [0.5, 0.6) is 11.5 Å². The third kappa shape index (κ3) is 3.78. The van der Waals surface area contributed by atoms with Gasteiger partial charge in [-0.15, -0.1) is 0 Å². The van der Waals surface area contributed by atoms with Gasteiger partial charge in [-0.25, -0.2) is 0 Å². The van der Waals surface area contributed by atoms with Crippen molar-refractivity contribution in [1.82, 2.24) is 10.6 Å². The molecule has 0 radical (unpaired) electrons. The molecule has 3 rings (SSSR count). The lowest BCUT2D eigenvalue weighted by Crippen LogP contribution is -2.39. The highest BCUT2D eigenvalue weighted by atomic mass is 16.5. The number of rotatable bonds is 6. The van der Waals surface area contributed by atoms with Crippen LogP contribution in [0.25, 0.3) is 0 Å². The van der Waals surface area contributed by atoms with E-state index in [0.29, 0.717) is 42.5 Å². The van der Waals surface area contributed by atoms with Gasteiger partial charge in [0.2, 0.25) is 5.91 Å². The Morgan fingerprint density at radius 3 is 2.61 bits per heavy atom. The van der Waals surface area contributed by atoms with Crippen LogP contribution < -0.4 is 20.1 Å². The van der Waals surface area contributed by atoms with E-state index in [1.165, 1.54) is 12.8 Å². The third-order valence-electron chi connectivity index (χ3n) is 5.01. The van der Waals surface area contributed by atoms with Crippen molar-refractivity contribution >= 4 is 5.91 Å². The second-order valence-electron chi connectivity index (χ2n) is 6.61. The van der Waals surface area contributed by atoms with Gasteiger partial charge in [0, 0.05) is 30.6 Å². The van der Waals surface area contributed by atoms with Crippen molar-refractivity contribution in [2.75, 3.05) is 14.2 Å². The minimum Gasteiger partial charge on any atom is -0.493 e. The number of ether oxygens (including phenoxy) is 2.